The van der Waals surface area contributed by atoms with Crippen molar-refractivity contribution in [3.63, 3.8) is 0 Å². The van der Waals surface area contributed by atoms with Crippen molar-refractivity contribution in [1.29, 1.82) is 0 Å². The molecule has 3 nitrogen and oxygen atoms in total. The van der Waals surface area contributed by atoms with Crippen LogP contribution >= 0.6 is 11.3 Å². The first-order valence-electron chi connectivity index (χ1n) is 5.21. The monoisotopic (exact) mass is 243 g/mol. The van der Waals surface area contributed by atoms with Crippen molar-refractivity contribution < 1.29 is 4.42 Å². The second-order valence-electron chi connectivity index (χ2n) is 3.75. The van der Waals surface area contributed by atoms with E-state index < -0.39 is 0 Å². The molecule has 0 fully saturated rings. The molecule has 0 radical (unpaired) electrons. The van der Waals surface area contributed by atoms with Crippen LogP contribution in [-0.2, 0) is 0 Å². The Morgan fingerprint density at radius 1 is 1.24 bits per heavy atom. The van der Waals surface area contributed by atoms with Gasteiger partial charge < -0.3 is 4.42 Å². The Morgan fingerprint density at radius 2 is 2.00 bits per heavy atom. The summed E-state index contributed by atoms with van der Waals surface area (Å²) in [7, 11) is 0. The van der Waals surface area contributed by atoms with E-state index in [0.717, 1.165) is 15.3 Å². The summed E-state index contributed by atoms with van der Waals surface area (Å²) in [5.41, 5.74) is 0.496. The smallest absolute Gasteiger partial charge is 0.347 e. The van der Waals surface area contributed by atoms with Crippen molar-refractivity contribution in [3.05, 3.63) is 51.7 Å². The Balaban J connectivity index is 2.29. The van der Waals surface area contributed by atoms with E-state index in [1.165, 1.54) is 11.3 Å². The number of thiophene rings is 1. The molecule has 0 saturated heterocycles. The molecule has 0 spiro atoms. The summed E-state index contributed by atoms with van der Waals surface area (Å²) in [6.45, 7) is 1.95. The van der Waals surface area contributed by atoms with Crippen LogP contribution in [0.15, 0.2) is 45.6 Å². The molecule has 0 aliphatic carbocycles. The van der Waals surface area contributed by atoms with Crippen LogP contribution in [0.25, 0.3) is 21.7 Å². The second-order valence-corrected chi connectivity index (χ2v) is 4.98. The van der Waals surface area contributed by atoms with E-state index in [0.29, 0.717) is 11.3 Å². The van der Waals surface area contributed by atoms with Gasteiger partial charge in [0.2, 0.25) is 5.89 Å². The van der Waals surface area contributed by atoms with E-state index in [-0.39, 0.29) is 5.63 Å². The molecule has 2 aromatic heterocycles. The molecular formula is C13H9NO2S. The van der Waals surface area contributed by atoms with E-state index in [2.05, 4.69) is 4.98 Å². The highest BCUT2D eigenvalue weighted by Crippen LogP contribution is 2.23. The number of aryl methyl sites for hydroxylation is 1. The van der Waals surface area contributed by atoms with Gasteiger partial charge in [-0.1, -0.05) is 18.2 Å². The molecule has 0 unspecified atom stereocenters. The number of hydrogen-bond donors (Lipinski definition) is 0. The van der Waals surface area contributed by atoms with Crippen molar-refractivity contribution >= 4 is 21.6 Å². The van der Waals surface area contributed by atoms with Gasteiger partial charge in [0.1, 0.15) is 4.83 Å². The fourth-order valence-corrected chi connectivity index (χ4v) is 2.56. The van der Waals surface area contributed by atoms with Crippen LogP contribution < -0.4 is 5.63 Å². The van der Waals surface area contributed by atoms with E-state index in [4.69, 9.17) is 4.42 Å². The highest BCUT2D eigenvalue weighted by Gasteiger charge is 2.10. The van der Waals surface area contributed by atoms with Gasteiger partial charge in [-0.15, -0.1) is 11.3 Å². The standard InChI is InChI=1S/C13H9NO2S/c1-8-7-10-12(17-8)14-11(16-13(10)15)9-5-3-2-4-6-9/h2-7H,1H3. The predicted molar refractivity (Wildman–Crippen MR) is 68.3 cm³/mol. The van der Waals surface area contributed by atoms with Crippen LogP contribution in [-0.4, -0.2) is 4.98 Å². The minimum absolute atomic E-state index is 0.321. The molecule has 0 bridgehead atoms. The summed E-state index contributed by atoms with van der Waals surface area (Å²) < 4.78 is 5.23. The van der Waals surface area contributed by atoms with Crippen molar-refractivity contribution in [2.75, 3.05) is 0 Å². The summed E-state index contributed by atoms with van der Waals surface area (Å²) in [6.07, 6.45) is 0. The number of rotatable bonds is 1. The van der Waals surface area contributed by atoms with Gasteiger partial charge in [-0.2, -0.15) is 0 Å². The van der Waals surface area contributed by atoms with Gasteiger partial charge in [0.25, 0.3) is 0 Å². The molecule has 2 heterocycles. The summed E-state index contributed by atoms with van der Waals surface area (Å²) in [5.74, 6) is 0.380. The Bertz CT molecular complexity index is 728. The maximum Gasteiger partial charge on any atom is 0.347 e. The van der Waals surface area contributed by atoms with E-state index in [1.54, 1.807) is 0 Å². The Morgan fingerprint density at radius 3 is 2.76 bits per heavy atom. The summed E-state index contributed by atoms with van der Waals surface area (Å²) in [6, 6.07) is 11.2. The largest absolute Gasteiger partial charge is 0.403 e. The molecule has 1 aromatic carbocycles. The third kappa shape index (κ3) is 1.76. The van der Waals surface area contributed by atoms with Crippen LogP contribution in [0.2, 0.25) is 0 Å². The molecule has 84 valence electrons. The SMILES string of the molecule is Cc1cc2c(=O)oc(-c3ccccc3)nc2s1. The van der Waals surface area contributed by atoms with E-state index in [1.807, 2.05) is 43.3 Å². The lowest BCUT2D eigenvalue weighted by Crippen LogP contribution is -2.00. The van der Waals surface area contributed by atoms with Crippen LogP contribution in [0.4, 0.5) is 0 Å². The minimum atomic E-state index is -0.321. The number of hydrogen-bond acceptors (Lipinski definition) is 4. The summed E-state index contributed by atoms with van der Waals surface area (Å²) >= 11 is 1.50. The molecule has 3 rings (SSSR count). The molecule has 0 aliphatic heterocycles. The Hall–Kier alpha value is -1.94. The zero-order valence-electron chi connectivity index (χ0n) is 9.14. The summed E-state index contributed by atoms with van der Waals surface area (Å²) in [4.78, 5) is 18.0. The van der Waals surface area contributed by atoms with Gasteiger partial charge >= 0.3 is 5.63 Å². The zero-order chi connectivity index (χ0) is 11.8. The van der Waals surface area contributed by atoms with Crippen LogP contribution in [0.3, 0.4) is 0 Å². The first-order chi connectivity index (χ1) is 8.24. The van der Waals surface area contributed by atoms with Gasteiger partial charge in [-0.05, 0) is 25.1 Å². The fraction of sp³-hybridized carbons (Fsp3) is 0.0769. The maximum absolute atomic E-state index is 11.8. The lowest BCUT2D eigenvalue weighted by molar-refractivity contribution is 0.519. The normalized spacial score (nSPS) is 10.9. The lowest BCUT2D eigenvalue weighted by atomic mass is 10.2. The highest BCUT2D eigenvalue weighted by molar-refractivity contribution is 7.18. The topological polar surface area (TPSA) is 43.1 Å². The second kappa shape index (κ2) is 3.82. The Kier molecular flexibility index (Phi) is 2.30. The van der Waals surface area contributed by atoms with Gasteiger partial charge in [-0.25, -0.2) is 9.78 Å². The van der Waals surface area contributed by atoms with Gasteiger partial charge in [0, 0.05) is 10.4 Å². The predicted octanol–water partition coefficient (Wildman–Crippen LogP) is 3.22. The molecule has 0 atom stereocenters. The van der Waals surface area contributed by atoms with Crippen LogP contribution in [0, 0.1) is 6.92 Å². The number of benzene rings is 1. The molecule has 3 aromatic rings. The van der Waals surface area contributed by atoms with Crippen molar-refractivity contribution in [2.45, 2.75) is 6.92 Å². The molecule has 4 heteroatoms. The molecule has 0 aliphatic rings. The molecular weight excluding hydrogens is 234 g/mol. The first-order valence-corrected chi connectivity index (χ1v) is 6.02. The molecule has 17 heavy (non-hydrogen) atoms. The van der Waals surface area contributed by atoms with E-state index in [9.17, 15) is 4.79 Å². The van der Waals surface area contributed by atoms with Gasteiger partial charge in [-0.3, -0.25) is 0 Å². The zero-order valence-corrected chi connectivity index (χ0v) is 9.95. The average Bonchev–Trinajstić information content (AvgIpc) is 2.71. The third-order valence-corrected chi connectivity index (χ3v) is 3.41. The van der Waals surface area contributed by atoms with Crippen molar-refractivity contribution in [1.82, 2.24) is 4.98 Å². The van der Waals surface area contributed by atoms with E-state index >= 15 is 0 Å². The van der Waals surface area contributed by atoms with Crippen molar-refractivity contribution in [2.24, 2.45) is 0 Å². The van der Waals surface area contributed by atoms with Crippen molar-refractivity contribution in [3.8, 4) is 11.5 Å². The number of nitrogens with zero attached hydrogens (tertiary/aromatic N) is 1. The fourth-order valence-electron chi connectivity index (χ4n) is 1.69. The van der Waals surface area contributed by atoms with Crippen LogP contribution in [0.1, 0.15) is 4.88 Å². The molecule has 0 saturated carbocycles. The minimum Gasteiger partial charge on any atom is -0.403 e. The Labute approximate surface area is 101 Å². The van der Waals surface area contributed by atoms with Crippen LogP contribution in [0.5, 0.6) is 0 Å². The first kappa shape index (κ1) is 10.2. The molecule has 0 N–H and O–H groups in total. The average molecular weight is 243 g/mol. The third-order valence-electron chi connectivity index (χ3n) is 2.47. The highest BCUT2D eigenvalue weighted by atomic mass is 32.1. The molecule has 0 amide bonds. The number of fused-ring (bicyclic) bond motifs is 1. The lowest BCUT2D eigenvalue weighted by Gasteiger charge is -1.97. The maximum atomic E-state index is 11.8. The quantitative estimate of drug-likeness (QED) is 0.659. The van der Waals surface area contributed by atoms with Gasteiger partial charge in [0.05, 0.1) is 5.39 Å². The van der Waals surface area contributed by atoms with Gasteiger partial charge in [0.15, 0.2) is 0 Å². The number of aromatic nitrogens is 1. The summed E-state index contributed by atoms with van der Waals surface area (Å²) in [5, 5.41) is 0.562.